The zero-order chi connectivity index (χ0) is 22.8. The second-order valence-corrected chi connectivity index (χ2v) is 6.83. The van der Waals surface area contributed by atoms with E-state index in [1.807, 2.05) is 0 Å². The fourth-order valence-corrected chi connectivity index (χ4v) is 2.62. The molecule has 0 atom stereocenters. The van der Waals surface area contributed by atoms with E-state index in [1.165, 1.54) is 24.3 Å². The van der Waals surface area contributed by atoms with Gasteiger partial charge in [0.15, 0.2) is 5.69 Å². The van der Waals surface area contributed by atoms with Crippen LogP contribution < -0.4 is 5.43 Å². The number of hydrogen-bond acceptors (Lipinski definition) is 5. The van der Waals surface area contributed by atoms with E-state index in [2.05, 4.69) is 25.6 Å². The van der Waals surface area contributed by atoms with E-state index in [9.17, 15) is 26.3 Å². The standard InChI is InChI=1S/C17H10Cl2F6N6/c18-11-2-1-9(5-12(11)19)13-6-14(17(23,24)25)28-15(27-13)29-26-7-10-3-4-31(30-10)8-16(20,21)22/h1-7H,8H2,(H,27,28,29)/b26-7+. The van der Waals surface area contributed by atoms with Crippen LogP contribution in [0.2, 0.25) is 10.0 Å². The topological polar surface area (TPSA) is 68.0 Å². The summed E-state index contributed by atoms with van der Waals surface area (Å²) in [7, 11) is 0. The summed E-state index contributed by atoms with van der Waals surface area (Å²) >= 11 is 11.7. The zero-order valence-electron chi connectivity index (χ0n) is 15.0. The molecular formula is C17H10Cl2F6N6. The largest absolute Gasteiger partial charge is 0.433 e. The molecular weight excluding hydrogens is 473 g/mol. The molecule has 0 bridgehead atoms. The molecule has 2 heterocycles. The van der Waals surface area contributed by atoms with Gasteiger partial charge in [-0.2, -0.15) is 36.5 Å². The van der Waals surface area contributed by atoms with Crippen LogP contribution >= 0.6 is 23.2 Å². The van der Waals surface area contributed by atoms with Crippen molar-refractivity contribution < 1.29 is 26.3 Å². The molecule has 3 rings (SSSR count). The average molecular weight is 483 g/mol. The van der Waals surface area contributed by atoms with Gasteiger partial charge in [-0.05, 0) is 24.3 Å². The minimum absolute atomic E-state index is 0.0356. The molecule has 0 radical (unpaired) electrons. The lowest BCUT2D eigenvalue weighted by molar-refractivity contribution is -0.143. The quantitative estimate of drug-likeness (QED) is 0.289. The maximum atomic E-state index is 13.2. The number of rotatable bonds is 5. The maximum Gasteiger partial charge on any atom is 0.433 e. The molecule has 1 N–H and O–H groups in total. The number of hydrogen-bond donors (Lipinski definition) is 1. The highest BCUT2D eigenvalue weighted by atomic mass is 35.5. The SMILES string of the molecule is FC(F)(F)Cn1ccc(/C=N/Nc2nc(-c3ccc(Cl)c(Cl)c3)cc(C(F)(F)F)n2)n1. The Hall–Kier alpha value is -2.86. The molecule has 0 unspecified atom stereocenters. The van der Waals surface area contributed by atoms with E-state index >= 15 is 0 Å². The van der Waals surface area contributed by atoms with Gasteiger partial charge < -0.3 is 0 Å². The second kappa shape index (κ2) is 8.71. The molecule has 31 heavy (non-hydrogen) atoms. The molecule has 0 spiro atoms. The van der Waals surface area contributed by atoms with Gasteiger partial charge in [0.25, 0.3) is 0 Å². The van der Waals surface area contributed by atoms with Crippen LogP contribution in [0.4, 0.5) is 32.3 Å². The Morgan fingerprint density at radius 2 is 1.74 bits per heavy atom. The van der Waals surface area contributed by atoms with Gasteiger partial charge in [-0.25, -0.2) is 15.4 Å². The summed E-state index contributed by atoms with van der Waals surface area (Å²) in [5.74, 6) is -0.498. The van der Waals surface area contributed by atoms with Crippen molar-refractivity contribution in [3.63, 3.8) is 0 Å². The highest BCUT2D eigenvalue weighted by molar-refractivity contribution is 6.42. The van der Waals surface area contributed by atoms with Crippen LogP contribution in [-0.4, -0.2) is 32.1 Å². The molecule has 14 heteroatoms. The van der Waals surface area contributed by atoms with Gasteiger partial charge in [0.05, 0.1) is 22.0 Å². The molecule has 0 aliphatic rings. The van der Waals surface area contributed by atoms with Gasteiger partial charge in [0, 0.05) is 11.8 Å². The van der Waals surface area contributed by atoms with E-state index in [0.29, 0.717) is 4.68 Å². The van der Waals surface area contributed by atoms with Crippen molar-refractivity contribution >= 4 is 35.4 Å². The van der Waals surface area contributed by atoms with Gasteiger partial charge in [-0.1, -0.05) is 29.3 Å². The minimum Gasteiger partial charge on any atom is -0.263 e. The first-order valence-electron chi connectivity index (χ1n) is 8.22. The van der Waals surface area contributed by atoms with E-state index in [4.69, 9.17) is 23.2 Å². The maximum absolute atomic E-state index is 13.2. The van der Waals surface area contributed by atoms with Crippen LogP contribution in [0.5, 0.6) is 0 Å². The number of aromatic nitrogens is 4. The number of anilines is 1. The second-order valence-electron chi connectivity index (χ2n) is 6.01. The Labute approximate surface area is 180 Å². The van der Waals surface area contributed by atoms with Crippen molar-refractivity contribution in [2.24, 2.45) is 5.10 Å². The van der Waals surface area contributed by atoms with Crippen LogP contribution in [0.1, 0.15) is 11.4 Å². The molecule has 0 amide bonds. The molecule has 2 aromatic heterocycles. The fourth-order valence-electron chi connectivity index (χ4n) is 2.32. The van der Waals surface area contributed by atoms with Crippen molar-refractivity contribution in [3.05, 3.63) is 58.0 Å². The lowest BCUT2D eigenvalue weighted by atomic mass is 10.1. The zero-order valence-corrected chi connectivity index (χ0v) is 16.5. The van der Waals surface area contributed by atoms with Crippen molar-refractivity contribution in [1.82, 2.24) is 19.7 Å². The van der Waals surface area contributed by atoms with Gasteiger partial charge in [0.2, 0.25) is 5.95 Å². The predicted octanol–water partition coefficient (Wildman–Crippen LogP) is 5.67. The Kier molecular flexibility index (Phi) is 6.41. The van der Waals surface area contributed by atoms with Crippen molar-refractivity contribution in [2.75, 3.05) is 5.43 Å². The average Bonchev–Trinajstić information content (AvgIpc) is 3.08. The van der Waals surface area contributed by atoms with Gasteiger partial charge in [-0.15, -0.1) is 0 Å². The van der Waals surface area contributed by atoms with Crippen LogP contribution in [0.3, 0.4) is 0 Å². The number of nitrogens with zero attached hydrogens (tertiary/aromatic N) is 5. The lowest BCUT2D eigenvalue weighted by Crippen LogP contribution is -2.18. The molecule has 0 aliphatic carbocycles. The van der Waals surface area contributed by atoms with Gasteiger partial charge >= 0.3 is 12.4 Å². The number of hydrazone groups is 1. The summed E-state index contributed by atoms with van der Waals surface area (Å²) in [5, 5.41) is 7.60. The number of alkyl halides is 6. The van der Waals surface area contributed by atoms with Crippen molar-refractivity contribution in [2.45, 2.75) is 18.9 Å². The Bertz CT molecular complexity index is 1110. The van der Waals surface area contributed by atoms with Crippen LogP contribution in [0.15, 0.2) is 41.6 Å². The molecule has 0 aliphatic heterocycles. The van der Waals surface area contributed by atoms with Crippen molar-refractivity contribution in [3.8, 4) is 11.3 Å². The summed E-state index contributed by atoms with van der Waals surface area (Å²) in [6, 6.07) is 6.14. The third-order valence-corrected chi connectivity index (χ3v) is 4.33. The minimum atomic E-state index is -4.77. The summed E-state index contributed by atoms with van der Waals surface area (Å²) < 4.78 is 77.4. The first-order chi connectivity index (χ1) is 14.4. The lowest BCUT2D eigenvalue weighted by Gasteiger charge is -2.10. The Morgan fingerprint density at radius 1 is 1.00 bits per heavy atom. The first kappa shape index (κ1) is 22.8. The van der Waals surface area contributed by atoms with Gasteiger partial charge in [-0.3, -0.25) is 4.68 Å². The Morgan fingerprint density at radius 3 is 2.39 bits per heavy atom. The van der Waals surface area contributed by atoms with E-state index in [-0.39, 0.29) is 27.0 Å². The molecule has 3 aromatic rings. The summed E-state index contributed by atoms with van der Waals surface area (Å²) in [6.45, 7) is -1.29. The molecule has 0 fully saturated rings. The van der Waals surface area contributed by atoms with Crippen LogP contribution in [-0.2, 0) is 12.7 Å². The predicted molar refractivity (Wildman–Crippen MR) is 102 cm³/mol. The van der Waals surface area contributed by atoms with E-state index in [0.717, 1.165) is 18.5 Å². The Balaban J connectivity index is 1.85. The number of halogens is 8. The molecule has 6 nitrogen and oxygen atoms in total. The van der Waals surface area contributed by atoms with Crippen LogP contribution in [0.25, 0.3) is 11.3 Å². The van der Waals surface area contributed by atoms with E-state index < -0.39 is 30.5 Å². The normalized spacial score (nSPS) is 12.5. The summed E-state index contributed by atoms with van der Waals surface area (Å²) in [4.78, 5) is 7.32. The van der Waals surface area contributed by atoms with Gasteiger partial charge in [0.1, 0.15) is 12.2 Å². The molecule has 164 valence electrons. The number of benzene rings is 1. The van der Waals surface area contributed by atoms with Crippen molar-refractivity contribution in [1.29, 1.82) is 0 Å². The molecule has 0 saturated carbocycles. The van der Waals surface area contributed by atoms with E-state index in [1.54, 1.807) is 0 Å². The summed E-state index contributed by atoms with van der Waals surface area (Å²) in [5.41, 5.74) is 1.16. The third kappa shape index (κ3) is 6.31. The molecule has 0 saturated heterocycles. The third-order valence-electron chi connectivity index (χ3n) is 3.60. The highest BCUT2D eigenvalue weighted by Gasteiger charge is 2.34. The first-order valence-corrected chi connectivity index (χ1v) is 8.97. The number of nitrogens with one attached hydrogen (secondary N) is 1. The highest BCUT2D eigenvalue weighted by Crippen LogP contribution is 2.33. The monoisotopic (exact) mass is 482 g/mol. The fraction of sp³-hybridized carbons (Fsp3) is 0.176. The molecule has 1 aromatic carbocycles. The smallest absolute Gasteiger partial charge is 0.263 e. The van der Waals surface area contributed by atoms with Crippen LogP contribution in [0, 0.1) is 0 Å². The summed E-state index contributed by atoms with van der Waals surface area (Å²) in [6.07, 6.45) is -7.14.